The molecule has 7 heteroatoms. The summed E-state index contributed by atoms with van der Waals surface area (Å²) in [4.78, 5) is 24.8. The lowest BCUT2D eigenvalue weighted by molar-refractivity contribution is -0.114. The summed E-state index contributed by atoms with van der Waals surface area (Å²) >= 11 is 7.63. The van der Waals surface area contributed by atoms with Crippen LogP contribution in [-0.4, -0.2) is 17.4 Å². The summed E-state index contributed by atoms with van der Waals surface area (Å²) in [6.07, 6.45) is 0. The highest BCUT2D eigenvalue weighted by atomic mass is 35.5. The summed E-state index contributed by atoms with van der Waals surface area (Å²) in [6, 6.07) is 18.6. The molecule has 1 heterocycles. The van der Waals surface area contributed by atoms with Crippen LogP contribution in [0.25, 0.3) is 0 Å². The molecule has 0 aliphatic carbocycles. The number of thioether (sulfide) groups is 1. The minimum absolute atomic E-state index is 0.111. The molecule has 2 N–H and O–H groups in total. The summed E-state index contributed by atoms with van der Waals surface area (Å²) in [5, 5.41) is 16.9. The Hall–Kier alpha value is -3.01. The Morgan fingerprint density at radius 2 is 1.83 bits per heavy atom. The van der Waals surface area contributed by atoms with Crippen molar-refractivity contribution < 1.29 is 9.59 Å². The SMILES string of the molecule is CC(=O)C1=C(C)NC(SCC(=O)Nc2ccccc2)=C(C#N)[C@H]1c1ccccc1Cl. The molecule has 30 heavy (non-hydrogen) atoms. The third kappa shape index (κ3) is 4.76. The number of carbonyl (C=O) groups excluding carboxylic acids is 2. The molecule has 0 saturated carbocycles. The molecular weight excluding hydrogens is 418 g/mol. The number of nitrogens with one attached hydrogen (secondary N) is 2. The Kier molecular flexibility index (Phi) is 6.99. The molecule has 0 saturated heterocycles. The molecule has 0 bridgehead atoms. The van der Waals surface area contributed by atoms with Crippen molar-refractivity contribution in [3.63, 3.8) is 0 Å². The Balaban J connectivity index is 1.90. The number of benzene rings is 2. The molecule has 1 atom stereocenters. The fourth-order valence-electron chi connectivity index (χ4n) is 3.37. The number of anilines is 1. The van der Waals surface area contributed by atoms with Crippen LogP contribution in [0.1, 0.15) is 25.3 Å². The first-order valence-corrected chi connectivity index (χ1v) is 10.6. The standard InChI is InChI=1S/C23H20ClN3O2S/c1-14-21(15(2)28)22(17-10-6-7-11-19(17)24)18(12-25)23(26-14)30-13-20(29)27-16-8-4-3-5-9-16/h3-11,22,26H,13H2,1-2H3,(H,27,29)/t22-/m1/s1. The summed E-state index contributed by atoms with van der Waals surface area (Å²) in [5.74, 6) is -0.794. The number of ketones is 1. The van der Waals surface area contributed by atoms with Crippen molar-refractivity contribution in [2.24, 2.45) is 0 Å². The van der Waals surface area contributed by atoms with Crippen LogP contribution in [0, 0.1) is 11.3 Å². The maximum Gasteiger partial charge on any atom is 0.234 e. The molecule has 152 valence electrons. The number of rotatable bonds is 6. The normalized spacial score (nSPS) is 16.0. The van der Waals surface area contributed by atoms with Crippen LogP contribution >= 0.6 is 23.4 Å². The lowest BCUT2D eigenvalue weighted by Gasteiger charge is -2.29. The minimum atomic E-state index is -0.581. The summed E-state index contributed by atoms with van der Waals surface area (Å²) < 4.78 is 0. The summed E-state index contributed by atoms with van der Waals surface area (Å²) in [6.45, 7) is 3.27. The molecule has 0 radical (unpaired) electrons. The van der Waals surface area contributed by atoms with Gasteiger partial charge in [0.15, 0.2) is 5.78 Å². The van der Waals surface area contributed by atoms with Gasteiger partial charge in [-0.2, -0.15) is 5.26 Å². The molecule has 0 unspecified atom stereocenters. The van der Waals surface area contributed by atoms with Gasteiger partial charge in [0.05, 0.1) is 28.3 Å². The van der Waals surface area contributed by atoms with Gasteiger partial charge in [0.25, 0.3) is 0 Å². The van der Waals surface area contributed by atoms with Crippen molar-refractivity contribution >= 4 is 40.7 Å². The second kappa shape index (κ2) is 9.66. The first kappa shape index (κ1) is 21.7. The predicted molar refractivity (Wildman–Crippen MR) is 121 cm³/mol. The number of hydrogen-bond acceptors (Lipinski definition) is 5. The smallest absolute Gasteiger partial charge is 0.234 e. The van der Waals surface area contributed by atoms with E-state index in [0.717, 1.165) is 0 Å². The van der Waals surface area contributed by atoms with Gasteiger partial charge in [-0.3, -0.25) is 9.59 Å². The topological polar surface area (TPSA) is 82.0 Å². The average Bonchev–Trinajstić information content (AvgIpc) is 2.72. The van der Waals surface area contributed by atoms with E-state index in [9.17, 15) is 14.9 Å². The number of nitrogens with zero attached hydrogens (tertiary/aromatic N) is 1. The van der Waals surface area contributed by atoms with Crippen molar-refractivity contribution in [2.45, 2.75) is 19.8 Å². The molecule has 3 rings (SSSR count). The molecule has 1 amide bonds. The van der Waals surface area contributed by atoms with Crippen LogP contribution in [0.15, 0.2) is 76.5 Å². The average molecular weight is 438 g/mol. The quantitative estimate of drug-likeness (QED) is 0.664. The van der Waals surface area contributed by atoms with Crippen molar-refractivity contribution in [3.05, 3.63) is 87.1 Å². The van der Waals surface area contributed by atoms with Gasteiger partial charge in [0.2, 0.25) is 5.91 Å². The number of halogens is 1. The Labute approximate surface area is 184 Å². The first-order valence-electron chi connectivity index (χ1n) is 9.27. The van der Waals surface area contributed by atoms with Gasteiger partial charge in [0.1, 0.15) is 0 Å². The van der Waals surface area contributed by atoms with Gasteiger partial charge in [-0.15, -0.1) is 0 Å². The highest BCUT2D eigenvalue weighted by Gasteiger charge is 2.34. The van der Waals surface area contributed by atoms with Gasteiger partial charge >= 0.3 is 0 Å². The van der Waals surface area contributed by atoms with Gasteiger partial charge in [-0.05, 0) is 37.6 Å². The maximum atomic E-state index is 12.4. The fraction of sp³-hybridized carbons (Fsp3) is 0.174. The molecule has 2 aromatic carbocycles. The van der Waals surface area contributed by atoms with E-state index in [2.05, 4.69) is 16.7 Å². The van der Waals surface area contributed by atoms with Gasteiger partial charge in [0, 0.05) is 22.0 Å². The van der Waals surface area contributed by atoms with E-state index in [-0.39, 0.29) is 17.4 Å². The Morgan fingerprint density at radius 3 is 2.47 bits per heavy atom. The van der Waals surface area contributed by atoms with E-state index in [4.69, 9.17) is 11.6 Å². The van der Waals surface area contributed by atoms with Crippen LogP contribution in [0.2, 0.25) is 5.02 Å². The molecule has 1 aliphatic rings. The molecule has 1 aliphatic heterocycles. The minimum Gasteiger partial charge on any atom is -0.353 e. The van der Waals surface area contributed by atoms with Crippen molar-refractivity contribution in [1.29, 1.82) is 5.26 Å². The van der Waals surface area contributed by atoms with Gasteiger partial charge in [-0.1, -0.05) is 59.8 Å². The third-order valence-electron chi connectivity index (χ3n) is 4.65. The highest BCUT2D eigenvalue weighted by molar-refractivity contribution is 8.03. The van der Waals surface area contributed by atoms with Crippen LogP contribution in [0.5, 0.6) is 0 Å². The van der Waals surface area contributed by atoms with E-state index in [0.29, 0.717) is 38.1 Å². The van der Waals surface area contributed by atoms with Crippen molar-refractivity contribution in [1.82, 2.24) is 5.32 Å². The zero-order chi connectivity index (χ0) is 21.7. The molecular formula is C23H20ClN3O2S. The van der Waals surface area contributed by atoms with Crippen molar-refractivity contribution in [2.75, 3.05) is 11.1 Å². The number of nitriles is 1. The lowest BCUT2D eigenvalue weighted by atomic mass is 9.81. The van der Waals surface area contributed by atoms with Crippen LogP contribution < -0.4 is 10.6 Å². The van der Waals surface area contributed by atoms with E-state index in [1.54, 1.807) is 31.2 Å². The summed E-state index contributed by atoms with van der Waals surface area (Å²) in [7, 11) is 0. The maximum absolute atomic E-state index is 12.4. The van der Waals surface area contributed by atoms with Crippen LogP contribution in [-0.2, 0) is 9.59 Å². The van der Waals surface area contributed by atoms with E-state index >= 15 is 0 Å². The van der Waals surface area contributed by atoms with Crippen LogP contribution in [0.4, 0.5) is 5.69 Å². The largest absolute Gasteiger partial charge is 0.353 e. The number of allylic oxidation sites excluding steroid dienone is 3. The highest BCUT2D eigenvalue weighted by Crippen LogP contribution is 2.42. The second-order valence-corrected chi connectivity index (χ2v) is 8.12. The summed E-state index contributed by atoms with van der Waals surface area (Å²) in [5.41, 5.74) is 2.92. The number of hydrogen-bond donors (Lipinski definition) is 2. The number of para-hydroxylation sites is 1. The number of carbonyl (C=O) groups is 2. The monoisotopic (exact) mass is 437 g/mol. The van der Waals surface area contributed by atoms with Crippen LogP contribution in [0.3, 0.4) is 0 Å². The fourth-order valence-corrected chi connectivity index (χ4v) is 4.51. The number of amides is 1. The second-order valence-electron chi connectivity index (χ2n) is 6.73. The Morgan fingerprint density at radius 1 is 1.17 bits per heavy atom. The zero-order valence-corrected chi connectivity index (χ0v) is 18.1. The van der Waals surface area contributed by atoms with Gasteiger partial charge < -0.3 is 10.6 Å². The first-order chi connectivity index (χ1) is 14.4. The molecule has 0 fully saturated rings. The molecule has 5 nitrogen and oxygen atoms in total. The lowest BCUT2D eigenvalue weighted by Crippen LogP contribution is -2.28. The Bertz CT molecular complexity index is 1090. The molecule has 0 spiro atoms. The number of dihydropyridines is 1. The van der Waals surface area contributed by atoms with E-state index < -0.39 is 5.92 Å². The van der Waals surface area contributed by atoms with E-state index in [1.807, 2.05) is 30.3 Å². The van der Waals surface area contributed by atoms with E-state index in [1.165, 1.54) is 18.7 Å². The predicted octanol–water partition coefficient (Wildman–Crippen LogP) is 5.00. The number of Topliss-reactive ketones (excluding diaryl/α,β-unsaturated/α-hetero) is 1. The third-order valence-corrected chi connectivity index (χ3v) is 6.01. The molecule has 2 aromatic rings. The van der Waals surface area contributed by atoms with Crippen molar-refractivity contribution in [3.8, 4) is 6.07 Å². The zero-order valence-electron chi connectivity index (χ0n) is 16.5. The van der Waals surface area contributed by atoms with Gasteiger partial charge in [-0.25, -0.2) is 0 Å². The molecule has 0 aromatic heterocycles.